The SMILES string of the molecule is CC(C)Oc1ccc(-c2ccc(O)c(C=O)c2)cc1. The van der Waals surface area contributed by atoms with Gasteiger partial charge in [-0.1, -0.05) is 18.2 Å². The van der Waals surface area contributed by atoms with E-state index >= 15 is 0 Å². The van der Waals surface area contributed by atoms with E-state index < -0.39 is 0 Å². The molecule has 0 aliphatic rings. The maximum Gasteiger partial charge on any atom is 0.153 e. The van der Waals surface area contributed by atoms with Crippen LogP contribution in [0.2, 0.25) is 0 Å². The Morgan fingerprint density at radius 1 is 1.05 bits per heavy atom. The average molecular weight is 256 g/mol. The number of hydrogen-bond donors (Lipinski definition) is 1. The second-order valence-electron chi connectivity index (χ2n) is 4.58. The summed E-state index contributed by atoms with van der Waals surface area (Å²) in [5.41, 5.74) is 2.15. The summed E-state index contributed by atoms with van der Waals surface area (Å²) in [6.45, 7) is 3.95. The highest BCUT2D eigenvalue weighted by atomic mass is 16.5. The van der Waals surface area contributed by atoms with E-state index in [1.54, 1.807) is 12.1 Å². The third kappa shape index (κ3) is 3.13. The molecule has 0 fully saturated rings. The molecule has 0 atom stereocenters. The molecule has 0 heterocycles. The summed E-state index contributed by atoms with van der Waals surface area (Å²) >= 11 is 0. The Labute approximate surface area is 112 Å². The zero-order valence-electron chi connectivity index (χ0n) is 11.0. The lowest BCUT2D eigenvalue weighted by Gasteiger charge is -2.10. The van der Waals surface area contributed by atoms with Crippen LogP contribution in [0.1, 0.15) is 24.2 Å². The normalized spacial score (nSPS) is 10.5. The molecule has 0 saturated carbocycles. The average Bonchev–Trinajstić information content (AvgIpc) is 2.40. The Morgan fingerprint density at radius 3 is 2.26 bits per heavy atom. The molecule has 0 aliphatic heterocycles. The zero-order valence-corrected chi connectivity index (χ0v) is 11.0. The third-order valence-corrected chi connectivity index (χ3v) is 2.71. The lowest BCUT2D eigenvalue weighted by Crippen LogP contribution is -2.05. The van der Waals surface area contributed by atoms with Crippen LogP contribution in [-0.4, -0.2) is 17.5 Å². The van der Waals surface area contributed by atoms with E-state index in [0.29, 0.717) is 11.8 Å². The molecule has 0 aliphatic carbocycles. The van der Waals surface area contributed by atoms with Crippen LogP contribution in [0.5, 0.6) is 11.5 Å². The molecule has 0 bridgehead atoms. The maximum absolute atomic E-state index is 10.8. The molecule has 98 valence electrons. The van der Waals surface area contributed by atoms with Gasteiger partial charge in [-0.2, -0.15) is 0 Å². The molecule has 0 aromatic heterocycles. The second kappa shape index (κ2) is 5.57. The summed E-state index contributed by atoms with van der Waals surface area (Å²) in [6, 6.07) is 12.6. The van der Waals surface area contributed by atoms with Gasteiger partial charge in [0, 0.05) is 0 Å². The van der Waals surface area contributed by atoms with Crippen molar-refractivity contribution in [3.63, 3.8) is 0 Å². The Bertz CT molecular complexity index is 571. The molecule has 3 nitrogen and oxygen atoms in total. The molecule has 2 aromatic rings. The van der Waals surface area contributed by atoms with Gasteiger partial charge < -0.3 is 9.84 Å². The number of carbonyl (C=O) groups excluding carboxylic acids is 1. The van der Waals surface area contributed by atoms with Gasteiger partial charge in [0.15, 0.2) is 6.29 Å². The van der Waals surface area contributed by atoms with E-state index in [1.165, 1.54) is 6.07 Å². The van der Waals surface area contributed by atoms with Gasteiger partial charge in [-0.05, 0) is 49.2 Å². The molecule has 1 N–H and O–H groups in total. The minimum atomic E-state index is -0.00138. The largest absolute Gasteiger partial charge is 0.507 e. The van der Waals surface area contributed by atoms with Crippen molar-refractivity contribution in [2.24, 2.45) is 0 Å². The summed E-state index contributed by atoms with van der Waals surface area (Å²) in [5, 5.41) is 9.47. The van der Waals surface area contributed by atoms with Gasteiger partial charge in [0.2, 0.25) is 0 Å². The molecular formula is C16H16O3. The van der Waals surface area contributed by atoms with E-state index in [1.807, 2.05) is 38.1 Å². The van der Waals surface area contributed by atoms with Crippen LogP contribution in [0.15, 0.2) is 42.5 Å². The number of aromatic hydroxyl groups is 1. The minimum absolute atomic E-state index is 0.00138. The first-order valence-corrected chi connectivity index (χ1v) is 6.15. The highest BCUT2D eigenvalue weighted by Gasteiger charge is 2.04. The topological polar surface area (TPSA) is 46.5 Å². The molecule has 0 radical (unpaired) electrons. The first-order chi connectivity index (χ1) is 9.10. The summed E-state index contributed by atoms with van der Waals surface area (Å²) in [4.78, 5) is 10.8. The van der Waals surface area contributed by atoms with Crippen LogP contribution < -0.4 is 4.74 Å². The maximum atomic E-state index is 10.8. The van der Waals surface area contributed by atoms with E-state index in [4.69, 9.17) is 4.74 Å². The smallest absolute Gasteiger partial charge is 0.153 e. The number of phenols is 1. The number of carbonyl (C=O) groups is 1. The Hall–Kier alpha value is -2.29. The first kappa shape index (κ1) is 13.1. The highest BCUT2D eigenvalue weighted by Crippen LogP contribution is 2.26. The van der Waals surface area contributed by atoms with Crippen molar-refractivity contribution in [1.29, 1.82) is 0 Å². The molecular weight excluding hydrogens is 240 g/mol. The number of ether oxygens (including phenoxy) is 1. The number of phenolic OH excluding ortho intramolecular Hbond substituents is 1. The van der Waals surface area contributed by atoms with Gasteiger partial charge in [-0.15, -0.1) is 0 Å². The van der Waals surface area contributed by atoms with Crippen molar-refractivity contribution in [3.05, 3.63) is 48.0 Å². The summed E-state index contributed by atoms with van der Waals surface area (Å²) in [7, 11) is 0. The quantitative estimate of drug-likeness (QED) is 0.849. The predicted molar refractivity (Wildman–Crippen MR) is 74.7 cm³/mol. The van der Waals surface area contributed by atoms with Crippen LogP contribution in [-0.2, 0) is 0 Å². The summed E-state index contributed by atoms with van der Waals surface area (Å²) < 4.78 is 5.57. The summed E-state index contributed by atoms with van der Waals surface area (Å²) in [5.74, 6) is 0.812. The second-order valence-corrected chi connectivity index (χ2v) is 4.58. The van der Waals surface area contributed by atoms with Crippen LogP contribution in [0.3, 0.4) is 0 Å². The number of rotatable bonds is 4. The van der Waals surface area contributed by atoms with Crippen LogP contribution in [0, 0.1) is 0 Å². The molecule has 0 unspecified atom stereocenters. The molecule has 19 heavy (non-hydrogen) atoms. The van der Waals surface area contributed by atoms with Crippen LogP contribution in [0.4, 0.5) is 0 Å². The standard InChI is InChI=1S/C16H16O3/c1-11(2)19-15-6-3-12(4-7-15)13-5-8-16(18)14(9-13)10-17/h3-11,18H,1-2H3. The van der Waals surface area contributed by atoms with E-state index in [9.17, 15) is 9.90 Å². The molecule has 0 saturated heterocycles. The van der Waals surface area contributed by atoms with Crippen molar-refractivity contribution in [3.8, 4) is 22.6 Å². The molecule has 2 aromatic carbocycles. The first-order valence-electron chi connectivity index (χ1n) is 6.15. The van der Waals surface area contributed by atoms with Crippen LogP contribution >= 0.6 is 0 Å². The van der Waals surface area contributed by atoms with Gasteiger partial charge in [-0.25, -0.2) is 0 Å². The van der Waals surface area contributed by atoms with Crippen molar-refractivity contribution in [2.45, 2.75) is 20.0 Å². The van der Waals surface area contributed by atoms with Gasteiger partial charge in [-0.3, -0.25) is 4.79 Å². The molecule has 0 spiro atoms. The Kier molecular flexibility index (Phi) is 3.85. The van der Waals surface area contributed by atoms with Gasteiger partial charge in [0.05, 0.1) is 11.7 Å². The number of aldehydes is 1. The van der Waals surface area contributed by atoms with Crippen molar-refractivity contribution in [2.75, 3.05) is 0 Å². The van der Waals surface area contributed by atoms with Gasteiger partial charge in [0.25, 0.3) is 0 Å². The van der Waals surface area contributed by atoms with Crippen molar-refractivity contribution < 1.29 is 14.6 Å². The minimum Gasteiger partial charge on any atom is -0.507 e. The van der Waals surface area contributed by atoms with E-state index in [-0.39, 0.29) is 11.9 Å². The Morgan fingerprint density at radius 2 is 1.68 bits per heavy atom. The van der Waals surface area contributed by atoms with Crippen molar-refractivity contribution >= 4 is 6.29 Å². The fourth-order valence-corrected chi connectivity index (χ4v) is 1.83. The predicted octanol–water partition coefficient (Wildman–Crippen LogP) is 3.66. The third-order valence-electron chi connectivity index (χ3n) is 2.71. The lowest BCUT2D eigenvalue weighted by atomic mass is 10.0. The Balaban J connectivity index is 2.29. The lowest BCUT2D eigenvalue weighted by molar-refractivity contribution is 0.112. The van der Waals surface area contributed by atoms with E-state index in [2.05, 4.69) is 0 Å². The number of hydrogen-bond acceptors (Lipinski definition) is 3. The molecule has 3 heteroatoms. The van der Waals surface area contributed by atoms with Gasteiger partial charge in [0.1, 0.15) is 11.5 Å². The summed E-state index contributed by atoms with van der Waals surface area (Å²) in [6.07, 6.45) is 0.788. The zero-order chi connectivity index (χ0) is 13.8. The van der Waals surface area contributed by atoms with Crippen molar-refractivity contribution in [1.82, 2.24) is 0 Å². The molecule has 0 amide bonds. The van der Waals surface area contributed by atoms with Crippen LogP contribution in [0.25, 0.3) is 11.1 Å². The monoisotopic (exact) mass is 256 g/mol. The van der Waals surface area contributed by atoms with E-state index in [0.717, 1.165) is 16.9 Å². The molecule has 2 rings (SSSR count). The van der Waals surface area contributed by atoms with Gasteiger partial charge >= 0.3 is 0 Å². The highest BCUT2D eigenvalue weighted by molar-refractivity contribution is 5.82. The number of benzene rings is 2. The fourth-order valence-electron chi connectivity index (χ4n) is 1.83. The fraction of sp³-hybridized carbons (Fsp3) is 0.188.